The number of hydrogen-bond acceptors (Lipinski definition) is 4. The van der Waals surface area contributed by atoms with Gasteiger partial charge in [0, 0.05) is 30.4 Å². The first-order chi connectivity index (χ1) is 12.1. The summed E-state index contributed by atoms with van der Waals surface area (Å²) in [6.45, 7) is 0.692. The van der Waals surface area contributed by atoms with Crippen molar-refractivity contribution in [1.82, 2.24) is 0 Å². The van der Waals surface area contributed by atoms with E-state index in [1.54, 1.807) is 42.3 Å². The smallest absolute Gasteiger partial charge is 0.228 e. The number of hydrogen-bond donors (Lipinski definition) is 2. The molecule has 1 heterocycles. The van der Waals surface area contributed by atoms with Gasteiger partial charge in [-0.2, -0.15) is 0 Å². The fourth-order valence-electron chi connectivity index (χ4n) is 2.91. The minimum atomic E-state index is -0.128. The lowest BCUT2D eigenvalue weighted by Crippen LogP contribution is -2.24. The molecular weight excluding hydrogens is 354 g/mol. The summed E-state index contributed by atoms with van der Waals surface area (Å²) in [6, 6.07) is 12.5. The molecule has 2 aromatic rings. The van der Waals surface area contributed by atoms with Crippen molar-refractivity contribution in [2.45, 2.75) is 19.3 Å². The minimum absolute atomic E-state index is 0. The van der Waals surface area contributed by atoms with Crippen LogP contribution in [0, 0.1) is 0 Å². The van der Waals surface area contributed by atoms with Gasteiger partial charge < -0.3 is 20.7 Å². The van der Waals surface area contributed by atoms with Gasteiger partial charge >= 0.3 is 0 Å². The predicted molar refractivity (Wildman–Crippen MR) is 105 cm³/mol. The number of nitrogens with zero attached hydrogens (tertiary/aromatic N) is 1. The van der Waals surface area contributed by atoms with Gasteiger partial charge in [-0.25, -0.2) is 0 Å². The first-order valence-corrected chi connectivity index (χ1v) is 8.19. The second kappa shape index (κ2) is 8.58. The molecule has 1 aliphatic rings. The van der Waals surface area contributed by atoms with Crippen LogP contribution in [0.15, 0.2) is 42.5 Å². The van der Waals surface area contributed by atoms with Crippen molar-refractivity contribution in [3.05, 3.63) is 48.0 Å². The molecule has 0 unspecified atom stereocenters. The third-order valence-corrected chi connectivity index (χ3v) is 4.17. The van der Waals surface area contributed by atoms with E-state index in [0.717, 1.165) is 17.7 Å². The Balaban J connectivity index is 0.00000243. The number of anilines is 3. The molecule has 6 nitrogen and oxygen atoms in total. The van der Waals surface area contributed by atoms with Crippen LogP contribution in [0.5, 0.6) is 5.75 Å². The Morgan fingerprint density at radius 1 is 1.23 bits per heavy atom. The van der Waals surface area contributed by atoms with E-state index in [1.165, 1.54) is 0 Å². The van der Waals surface area contributed by atoms with Crippen molar-refractivity contribution in [2.24, 2.45) is 0 Å². The van der Waals surface area contributed by atoms with Crippen molar-refractivity contribution in [1.29, 1.82) is 0 Å². The number of carbonyl (C=O) groups is 2. The van der Waals surface area contributed by atoms with Gasteiger partial charge in [-0.05, 0) is 36.2 Å². The third-order valence-electron chi connectivity index (χ3n) is 4.17. The van der Waals surface area contributed by atoms with Crippen molar-refractivity contribution in [3.63, 3.8) is 0 Å². The highest BCUT2D eigenvalue weighted by Gasteiger charge is 2.24. The van der Waals surface area contributed by atoms with Crippen LogP contribution < -0.4 is 20.7 Å². The van der Waals surface area contributed by atoms with E-state index in [1.807, 2.05) is 12.1 Å². The average Bonchev–Trinajstić information content (AvgIpc) is 3.02. The van der Waals surface area contributed by atoms with Crippen molar-refractivity contribution < 1.29 is 14.3 Å². The molecule has 0 spiro atoms. The van der Waals surface area contributed by atoms with E-state index in [4.69, 9.17) is 10.5 Å². The molecule has 1 fully saturated rings. The first kappa shape index (κ1) is 19.6. The lowest BCUT2D eigenvalue weighted by molar-refractivity contribution is -0.117. The van der Waals surface area contributed by atoms with Crippen molar-refractivity contribution in [3.8, 4) is 5.75 Å². The predicted octanol–water partition coefficient (Wildman–Crippen LogP) is 3.01. The summed E-state index contributed by atoms with van der Waals surface area (Å²) < 4.78 is 5.40. The molecular formula is C19H22ClN3O3. The molecule has 1 saturated heterocycles. The number of carbonyl (C=O) groups excluding carboxylic acids is 2. The number of ether oxygens (including phenoxy) is 1. The molecule has 1 aliphatic heterocycles. The molecule has 0 saturated carbocycles. The second-order valence-electron chi connectivity index (χ2n) is 6.00. The number of nitrogens with one attached hydrogen (secondary N) is 1. The maximum atomic E-state index is 12.2. The van der Waals surface area contributed by atoms with E-state index < -0.39 is 0 Å². The highest BCUT2D eigenvalue weighted by Crippen LogP contribution is 2.33. The van der Waals surface area contributed by atoms with Crippen LogP contribution in [-0.2, 0) is 16.0 Å². The lowest BCUT2D eigenvalue weighted by Gasteiger charge is -2.19. The van der Waals surface area contributed by atoms with E-state index in [9.17, 15) is 9.59 Å². The zero-order chi connectivity index (χ0) is 17.8. The van der Waals surface area contributed by atoms with E-state index >= 15 is 0 Å². The van der Waals surface area contributed by atoms with Gasteiger partial charge in [0.05, 0.1) is 19.2 Å². The summed E-state index contributed by atoms with van der Waals surface area (Å²) in [5, 5.41) is 2.86. The normalized spacial score (nSPS) is 13.3. The Kier molecular flexibility index (Phi) is 6.46. The standard InChI is InChI=1S/C19H21N3O3.ClH/c1-25-17-12-15(8-9-16(17)22-10-2-3-19(22)24)21-18(23)11-13-4-6-14(20)7-5-13;/h4-9,12H,2-3,10-11,20H2,1H3,(H,21,23);1H. The second-order valence-corrected chi connectivity index (χ2v) is 6.00. The fourth-order valence-corrected chi connectivity index (χ4v) is 2.91. The molecule has 7 heteroatoms. The fraction of sp³-hybridized carbons (Fsp3) is 0.263. The Bertz CT molecular complexity index is 793. The van der Waals surface area contributed by atoms with Gasteiger partial charge in [0.15, 0.2) is 0 Å². The first-order valence-electron chi connectivity index (χ1n) is 8.19. The molecule has 2 amide bonds. The average molecular weight is 376 g/mol. The Hall–Kier alpha value is -2.73. The Morgan fingerprint density at radius 2 is 1.96 bits per heavy atom. The number of benzene rings is 2. The van der Waals surface area contributed by atoms with Crippen LogP contribution in [0.3, 0.4) is 0 Å². The van der Waals surface area contributed by atoms with Crippen LogP contribution in [0.2, 0.25) is 0 Å². The molecule has 0 aromatic heterocycles. The van der Waals surface area contributed by atoms with E-state index in [0.29, 0.717) is 30.1 Å². The lowest BCUT2D eigenvalue weighted by atomic mass is 10.1. The third kappa shape index (κ3) is 4.46. The summed E-state index contributed by atoms with van der Waals surface area (Å²) in [7, 11) is 1.55. The van der Waals surface area contributed by atoms with Crippen LogP contribution in [0.25, 0.3) is 0 Å². The molecule has 0 atom stereocenters. The topological polar surface area (TPSA) is 84.7 Å². The van der Waals surface area contributed by atoms with Crippen LogP contribution in [-0.4, -0.2) is 25.5 Å². The minimum Gasteiger partial charge on any atom is -0.494 e. The number of amides is 2. The Labute approximate surface area is 158 Å². The number of rotatable bonds is 5. The SMILES string of the molecule is COc1cc(NC(=O)Cc2ccc(N)cc2)ccc1N1CCCC1=O.Cl. The molecule has 3 N–H and O–H groups in total. The maximum Gasteiger partial charge on any atom is 0.228 e. The molecule has 0 aliphatic carbocycles. The number of nitrogen functional groups attached to an aromatic ring is 1. The van der Waals surface area contributed by atoms with Gasteiger partial charge in [0.2, 0.25) is 11.8 Å². The van der Waals surface area contributed by atoms with E-state index in [2.05, 4.69) is 5.32 Å². The molecule has 3 rings (SSSR count). The van der Waals surface area contributed by atoms with E-state index in [-0.39, 0.29) is 30.6 Å². The van der Waals surface area contributed by atoms with Gasteiger partial charge in [0.1, 0.15) is 5.75 Å². The summed E-state index contributed by atoms with van der Waals surface area (Å²) >= 11 is 0. The number of nitrogens with two attached hydrogens (primary N) is 1. The molecule has 0 bridgehead atoms. The highest BCUT2D eigenvalue weighted by molar-refractivity contribution is 5.98. The van der Waals surface area contributed by atoms with Crippen LogP contribution in [0.1, 0.15) is 18.4 Å². The Morgan fingerprint density at radius 3 is 2.58 bits per heavy atom. The maximum absolute atomic E-state index is 12.2. The molecule has 0 radical (unpaired) electrons. The van der Waals surface area contributed by atoms with Gasteiger partial charge in [-0.1, -0.05) is 12.1 Å². The molecule has 26 heavy (non-hydrogen) atoms. The highest BCUT2D eigenvalue weighted by atomic mass is 35.5. The van der Waals surface area contributed by atoms with Gasteiger partial charge in [-0.15, -0.1) is 12.4 Å². The summed E-state index contributed by atoms with van der Waals surface area (Å²) in [6.07, 6.45) is 1.67. The summed E-state index contributed by atoms with van der Waals surface area (Å²) in [5.41, 5.74) is 8.57. The number of halogens is 1. The van der Waals surface area contributed by atoms with Gasteiger partial charge in [-0.3, -0.25) is 9.59 Å². The zero-order valence-electron chi connectivity index (χ0n) is 14.5. The van der Waals surface area contributed by atoms with Crippen LogP contribution in [0.4, 0.5) is 17.1 Å². The van der Waals surface area contributed by atoms with Crippen molar-refractivity contribution >= 4 is 41.3 Å². The van der Waals surface area contributed by atoms with Crippen LogP contribution >= 0.6 is 12.4 Å². The largest absolute Gasteiger partial charge is 0.494 e. The summed E-state index contributed by atoms with van der Waals surface area (Å²) in [4.78, 5) is 25.9. The zero-order valence-corrected chi connectivity index (χ0v) is 15.3. The van der Waals surface area contributed by atoms with Gasteiger partial charge in [0.25, 0.3) is 0 Å². The molecule has 138 valence electrons. The monoisotopic (exact) mass is 375 g/mol. The molecule has 2 aromatic carbocycles. The number of methoxy groups -OCH3 is 1. The quantitative estimate of drug-likeness (QED) is 0.787. The van der Waals surface area contributed by atoms with Crippen molar-refractivity contribution in [2.75, 3.05) is 29.6 Å². The summed E-state index contributed by atoms with van der Waals surface area (Å²) in [5.74, 6) is 0.538.